The maximum atomic E-state index is 6.12. The molecule has 0 saturated heterocycles. The molecular weight excluding hydrogens is 271 g/mol. The predicted octanol–water partition coefficient (Wildman–Crippen LogP) is 3.41. The first-order valence-electron chi connectivity index (χ1n) is 5.28. The summed E-state index contributed by atoms with van der Waals surface area (Å²) in [5.74, 6) is 0.678. The van der Waals surface area contributed by atoms with Gasteiger partial charge in [0.25, 0.3) is 0 Å². The van der Waals surface area contributed by atoms with Crippen molar-refractivity contribution in [3.05, 3.63) is 46.3 Å². The zero-order chi connectivity index (χ0) is 12.7. The van der Waals surface area contributed by atoms with Gasteiger partial charge in [0.2, 0.25) is 0 Å². The van der Waals surface area contributed by atoms with Crippen LogP contribution in [0, 0.1) is 6.92 Å². The lowest BCUT2D eigenvalue weighted by atomic mass is 10.1. The molecule has 2 aromatic heterocycles. The Morgan fingerprint density at radius 1 is 1.11 bits per heavy atom. The van der Waals surface area contributed by atoms with Crippen LogP contribution in [0.4, 0.5) is 0 Å². The highest BCUT2D eigenvalue weighted by atomic mass is 35.5. The molecule has 0 aliphatic heterocycles. The van der Waals surface area contributed by atoms with Gasteiger partial charge in [-0.1, -0.05) is 23.2 Å². The molecule has 3 rings (SSSR count). The summed E-state index contributed by atoms with van der Waals surface area (Å²) in [6.07, 6.45) is 3.18. The van der Waals surface area contributed by atoms with E-state index in [9.17, 15) is 0 Å². The van der Waals surface area contributed by atoms with Crippen molar-refractivity contribution in [2.45, 2.75) is 6.92 Å². The summed E-state index contributed by atoms with van der Waals surface area (Å²) in [7, 11) is 0. The van der Waals surface area contributed by atoms with Gasteiger partial charge < -0.3 is 0 Å². The number of halogens is 2. The van der Waals surface area contributed by atoms with Gasteiger partial charge in [-0.15, -0.1) is 10.2 Å². The lowest BCUT2D eigenvalue weighted by Gasteiger charge is -2.04. The van der Waals surface area contributed by atoms with Crippen LogP contribution in [0.5, 0.6) is 0 Å². The third kappa shape index (κ3) is 1.74. The minimum Gasteiger partial charge on any atom is -0.262 e. The number of benzene rings is 1. The SMILES string of the molecule is Cc1cc(-c2nnc3cncc(Cl)n23)ccc1Cl. The second kappa shape index (κ2) is 4.23. The lowest BCUT2D eigenvalue weighted by molar-refractivity contribution is 1.11. The molecule has 0 radical (unpaired) electrons. The maximum Gasteiger partial charge on any atom is 0.180 e. The summed E-state index contributed by atoms with van der Waals surface area (Å²) in [5, 5.41) is 9.38. The van der Waals surface area contributed by atoms with Gasteiger partial charge in [-0.25, -0.2) is 0 Å². The molecule has 0 spiro atoms. The van der Waals surface area contributed by atoms with E-state index < -0.39 is 0 Å². The standard InChI is InChI=1S/C12H8Cl2N4/c1-7-4-8(2-3-9(7)13)12-17-16-11-6-15-5-10(14)18(11)12/h2-6H,1H3. The van der Waals surface area contributed by atoms with Crippen molar-refractivity contribution in [3.8, 4) is 11.4 Å². The van der Waals surface area contributed by atoms with Gasteiger partial charge in [0, 0.05) is 10.6 Å². The average Bonchev–Trinajstić information content (AvgIpc) is 2.78. The molecule has 3 aromatic rings. The van der Waals surface area contributed by atoms with Crippen LogP contribution in [-0.2, 0) is 0 Å². The molecule has 90 valence electrons. The average molecular weight is 279 g/mol. The number of hydrogen-bond donors (Lipinski definition) is 0. The van der Waals surface area contributed by atoms with Gasteiger partial charge >= 0.3 is 0 Å². The number of fused-ring (bicyclic) bond motifs is 1. The molecule has 0 unspecified atom stereocenters. The fourth-order valence-corrected chi connectivity index (χ4v) is 2.13. The van der Waals surface area contributed by atoms with E-state index in [1.54, 1.807) is 16.8 Å². The first-order chi connectivity index (χ1) is 8.66. The van der Waals surface area contributed by atoms with E-state index in [1.165, 1.54) is 0 Å². The van der Waals surface area contributed by atoms with Crippen LogP contribution in [0.15, 0.2) is 30.6 Å². The molecule has 0 aliphatic rings. The van der Waals surface area contributed by atoms with Crippen molar-refractivity contribution in [3.63, 3.8) is 0 Å². The molecule has 0 atom stereocenters. The largest absolute Gasteiger partial charge is 0.262 e. The highest BCUT2D eigenvalue weighted by Gasteiger charge is 2.11. The molecule has 0 saturated carbocycles. The maximum absolute atomic E-state index is 6.12. The molecule has 0 amide bonds. The van der Waals surface area contributed by atoms with Crippen LogP contribution >= 0.6 is 23.2 Å². The highest BCUT2D eigenvalue weighted by molar-refractivity contribution is 6.31. The smallest absolute Gasteiger partial charge is 0.180 e. The van der Waals surface area contributed by atoms with Crippen molar-refractivity contribution in [2.24, 2.45) is 0 Å². The van der Waals surface area contributed by atoms with Gasteiger partial charge in [-0.05, 0) is 30.7 Å². The third-order valence-electron chi connectivity index (χ3n) is 2.69. The number of hydrogen-bond acceptors (Lipinski definition) is 3. The molecule has 1 aromatic carbocycles. The van der Waals surface area contributed by atoms with Gasteiger partial charge in [-0.2, -0.15) is 0 Å². The van der Waals surface area contributed by atoms with Crippen LogP contribution in [0.2, 0.25) is 10.2 Å². The van der Waals surface area contributed by atoms with Crippen LogP contribution in [0.3, 0.4) is 0 Å². The summed E-state index contributed by atoms with van der Waals surface area (Å²) in [6, 6.07) is 5.68. The topological polar surface area (TPSA) is 43.1 Å². The zero-order valence-corrected chi connectivity index (χ0v) is 10.9. The first kappa shape index (κ1) is 11.4. The number of rotatable bonds is 1. The van der Waals surface area contributed by atoms with Crippen molar-refractivity contribution in [2.75, 3.05) is 0 Å². The normalized spacial score (nSPS) is 11.1. The molecule has 0 N–H and O–H groups in total. The number of aromatic nitrogens is 4. The monoisotopic (exact) mass is 278 g/mol. The number of aryl methyl sites for hydroxylation is 1. The minimum atomic E-state index is 0.472. The Kier molecular flexibility index (Phi) is 2.69. The van der Waals surface area contributed by atoms with Crippen molar-refractivity contribution >= 4 is 28.8 Å². The van der Waals surface area contributed by atoms with Crippen molar-refractivity contribution in [1.29, 1.82) is 0 Å². The molecule has 18 heavy (non-hydrogen) atoms. The molecule has 4 nitrogen and oxygen atoms in total. The first-order valence-corrected chi connectivity index (χ1v) is 6.03. The molecule has 6 heteroatoms. The quantitative estimate of drug-likeness (QED) is 0.685. The fourth-order valence-electron chi connectivity index (χ4n) is 1.78. The Bertz CT molecular complexity index is 736. The molecule has 0 aliphatic carbocycles. The van der Waals surface area contributed by atoms with E-state index in [4.69, 9.17) is 23.2 Å². The fraction of sp³-hybridized carbons (Fsp3) is 0.0833. The Morgan fingerprint density at radius 2 is 1.94 bits per heavy atom. The Hall–Kier alpha value is -1.65. The predicted molar refractivity (Wildman–Crippen MR) is 71.0 cm³/mol. The summed E-state index contributed by atoms with van der Waals surface area (Å²) in [5.41, 5.74) is 2.51. The second-order valence-corrected chi connectivity index (χ2v) is 4.71. The van der Waals surface area contributed by atoms with Crippen LogP contribution in [-0.4, -0.2) is 19.6 Å². The van der Waals surface area contributed by atoms with E-state index in [0.29, 0.717) is 16.6 Å². The van der Waals surface area contributed by atoms with Crippen molar-refractivity contribution < 1.29 is 0 Å². The van der Waals surface area contributed by atoms with Crippen LogP contribution in [0.1, 0.15) is 5.56 Å². The molecule has 2 heterocycles. The highest BCUT2D eigenvalue weighted by Crippen LogP contribution is 2.25. The van der Waals surface area contributed by atoms with E-state index >= 15 is 0 Å². The van der Waals surface area contributed by atoms with Gasteiger partial charge in [-0.3, -0.25) is 9.38 Å². The minimum absolute atomic E-state index is 0.472. The zero-order valence-electron chi connectivity index (χ0n) is 9.43. The summed E-state index contributed by atoms with van der Waals surface area (Å²) in [4.78, 5) is 3.97. The van der Waals surface area contributed by atoms with Gasteiger partial charge in [0.15, 0.2) is 11.5 Å². The van der Waals surface area contributed by atoms with E-state index in [-0.39, 0.29) is 0 Å². The molecule has 0 bridgehead atoms. The summed E-state index contributed by atoms with van der Waals surface area (Å²) >= 11 is 12.1. The Labute approximate surface area is 113 Å². The Balaban J connectivity index is 2.28. The van der Waals surface area contributed by atoms with Crippen molar-refractivity contribution in [1.82, 2.24) is 19.6 Å². The Morgan fingerprint density at radius 3 is 2.72 bits per heavy atom. The van der Waals surface area contributed by atoms with Gasteiger partial charge in [0.1, 0.15) is 5.15 Å². The number of nitrogens with zero attached hydrogens (tertiary/aromatic N) is 4. The summed E-state index contributed by atoms with van der Waals surface area (Å²) in [6.45, 7) is 1.94. The summed E-state index contributed by atoms with van der Waals surface area (Å²) < 4.78 is 1.75. The van der Waals surface area contributed by atoms with Gasteiger partial charge in [0.05, 0.1) is 12.4 Å². The van der Waals surface area contributed by atoms with E-state index in [0.717, 1.165) is 16.1 Å². The van der Waals surface area contributed by atoms with E-state index in [2.05, 4.69) is 15.2 Å². The second-order valence-electron chi connectivity index (χ2n) is 3.91. The molecular formula is C12H8Cl2N4. The van der Waals surface area contributed by atoms with E-state index in [1.807, 2.05) is 25.1 Å². The van der Waals surface area contributed by atoms with Crippen LogP contribution in [0.25, 0.3) is 17.0 Å². The lowest BCUT2D eigenvalue weighted by Crippen LogP contribution is -1.92. The molecule has 0 fully saturated rings. The third-order valence-corrected chi connectivity index (χ3v) is 3.38. The van der Waals surface area contributed by atoms with Crippen LogP contribution < -0.4 is 0 Å².